The van der Waals surface area contributed by atoms with Gasteiger partial charge in [-0.2, -0.15) is 0 Å². The maximum atomic E-state index is 12.3. The van der Waals surface area contributed by atoms with Crippen molar-refractivity contribution < 1.29 is 14.3 Å². The maximum Gasteiger partial charge on any atom is 0.247 e. The van der Waals surface area contributed by atoms with Crippen molar-refractivity contribution in [2.75, 3.05) is 23.1 Å². The molecule has 0 aliphatic heterocycles. The highest BCUT2D eigenvalue weighted by molar-refractivity contribution is 6.30. The summed E-state index contributed by atoms with van der Waals surface area (Å²) in [5.74, 6) is 0.498. The van der Waals surface area contributed by atoms with Crippen molar-refractivity contribution in [1.29, 1.82) is 0 Å². The number of hydrogen-bond acceptors (Lipinski definition) is 5. The Morgan fingerprint density at radius 2 is 1.96 bits per heavy atom. The van der Waals surface area contributed by atoms with Crippen molar-refractivity contribution in [2.45, 2.75) is 19.9 Å². The number of aromatic nitrogens is 1. The van der Waals surface area contributed by atoms with Gasteiger partial charge in [0, 0.05) is 18.8 Å². The zero-order chi connectivity index (χ0) is 18.4. The van der Waals surface area contributed by atoms with Crippen molar-refractivity contribution in [2.24, 2.45) is 0 Å². The molecule has 25 heavy (non-hydrogen) atoms. The quantitative estimate of drug-likeness (QED) is 0.734. The molecule has 3 N–H and O–H groups in total. The van der Waals surface area contributed by atoms with Gasteiger partial charge in [0.05, 0.1) is 17.8 Å². The number of amides is 2. The average Bonchev–Trinajstić information content (AvgIpc) is 2.56. The van der Waals surface area contributed by atoms with E-state index in [2.05, 4.69) is 20.9 Å². The number of carbonyl (C=O) groups is 2. The molecule has 0 radical (unpaired) electrons. The van der Waals surface area contributed by atoms with E-state index in [9.17, 15) is 9.59 Å². The van der Waals surface area contributed by atoms with E-state index < -0.39 is 6.04 Å². The highest BCUT2D eigenvalue weighted by Gasteiger charge is 2.16. The van der Waals surface area contributed by atoms with Crippen molar-refractivity contribution >= 4 is 40.6 Å². The van der Waals surface area contributed by atoms with Crippen molar-refractivity contribution in [3.63, 3.8) is 0 Å². The third kappa shape index (κ3) is 5.36. The van der Waals surface area contributed by atoms with Crippen LogP contribution in [0.4, 0.5) is 17.2 Å². The number of pyridine rings is 1. The van der Waals surface area contributed by atoms with Crippen LogP contribution in [0, 0.1) is 0 Å². The van der Waals surface area contributed by atoms with Crippen LogP contribution >= 0.6 is 11.6 Å². The van der Waals surface area contributed by atoms with Crippen LogP contribution in [0.2, 0.25) is 5.02 Å². The van der Waals surface area contributed by atoms with Crippen molar-refractivity contribution in [3.05, 3.63) is 41.6 Å². The summed E-state index contributed by atoms with van der Waals surface area (Å²) in [5, 5.41) is 8.93. The van der Waals surface area contributed by atoms with E-state index in [1.54, 1.807) is 37.3 Å². The second-order valence-electron chi connectivity index (χ2n) is 5.31. The molecule has 0 unspecified atom stereocenters. The van der Waals surface area contributed by atoms with E-state index in [-0.39, 0.29) is 11.8 Å². The zero-order valence-corrected chi connectivity index (χ0v) is 14.8. The topological polar surface area (TPSA) is 92.4 Å². The molecule has 8 heteroatoms. The molecule has 1 aromatic carbocycles. The minimum Gasteiger partial charge on any atom is -0.495 e. The predicted octanol–water partition coefficient (Wildman–Crippen LogP) is 3.14. The fourth-order valence-electron chi connectivity index (χ4n) is 2.08. The summed E-state index contributed by atoms with van der Waals surface area (Å²) in [7, 11) is 1.53. The van der Waals surface area contributed by atoms with Gasteiger partial charge in [-0.05, 0) is 37.3 Å². The number of methoxy groups -OCH3 is 1. The Morgan fingerprint density at radius 3 is 2.56 bits per heavy atom. The van der Waals surface area contributed by atoms with E-state index in [4.69, 9.17) is 16.3 Å². The van der Waals surface area contributed by atoms with Crippen LogP contribution in [0.5, 0.6) is 5.75 Å². The highest BCUT2D eigenvalue weighted by atomic mass is 35.5. The van der Waals surface area contributed by atoms with E-state index >= 15 is 0 Å². The first kappa shape index (κ1) is 18.5. The lowest BCUT2D eigenvalue weighted by molar-refractivity contribution is -0.116. The molecule has 0 spiro atoms. The van der Waals surface area contributed by atoms with Crippen LogP contribution in [-0.4, -0.2) is 29.9 Å². The van der Waals surface area contributed by atoms with Gasteiger partial charge in [0.2, 0.25) is 11.8 Å². The second kappa shape index (κ2) is 8.34. The molecule has 0 bridgehead atoms. The Labute approximate surface area is 150 Å². The molecule has 0 saturated heterocycles. The molecule has 2 aromatic rings. The molecule has 1 heterocycles. The number of benzene rings is 1. The standard InChI is InChI=1S/C17H19ClN4O3/c1-10(17(24)22-16-7-4-12(18)9-19-16)20-14-8-13(21-11(2)23)5-6-15(14)25-3/h4-10,20H,1-3H3,(H,21,23)(H,19,22,24)/t10-/m1/s1. The summed E-state index contributed by atoms with van der Waals surface area (Å²) in [4.78, 5) is 27.5. The van der Waals surface area contributed by atoms with Gasteiger partial charge in [0.1, 0.15) is 17.6 Å². The lowest BCUT2D eigenvalue weighted by Crippen LogP contribution is -2.32. The highest BCUT2D eigenvalue weighted by Crippen LogP contribution is 2.28. The van der Waals surface area contributed by atoms with E-state index in [1.807, 2.05) is 0 Å². The number of ether oxygens (including phenoxy) is 1. The lowest BCUT2D eigenvalue weighted by atomic mass is 10.2. The third-order valence-electron chi connectivity index (χ3n) is 3.26. The van der Waals surface area contributed by atoms with Gasteiger partial charge < -0.3 is 20.7 Å². The Bertz CT molecular complexity index is 765. The number of nitrogens with one attached hydrogen (secondary N) is 3. The molecule has 0 aliphatic rings. The van der Waals surface area contributed by atoms with Crippen LogP contribution < -0.4 is 20.7 Å². The fraction of sp³-hybridized carbons (Fsp3) is 0.235. The van der Waals surface area contributed by atoms with E-state index in [1.165, 1.54) is 20.2 Å². The smallest absolute Gasteiger partial charge is 0.247 e. The molecule has 0 aliphatic carbocycles. The van der Waals surface area contributed by atoms with Gasteiger partial charge >= 0.3 is 0 Å². The van der Waals surface area contributed by atoms with Gasteiger partial charge in [-0.25, -0.2) is 4.98 Å². The number of rotatable bonds is 6. The van der Waals surface area contributed by atoms with Gasteiger partial charge in [0.25, 0.3) is 0 Å². The van der Waals surface area contributed by atoms with Crippen LogP contribution in [0.1, 0.15) is 13.8 Å². The van der Waals surface area contributed by atoms with Crippen LogP contribution in [0.3, 0.4) is 0 Å². The third-order valence-corrected chi connectivity index (χ3v) is 3.49. The van der Waals surface area contributed by atoms with Gasteiger partial charge in [-0.3, -0.25) is 9.59 Å². The summed E-state index contributed by atoms with van der Waals surface area (Å²) >= 11 is 5.77. The molecule has 1 aromatic heterocycles. The molecule has 1 atom stereocenters. The number of halogens is 1. The minimum absolute atomic E-state index is 0.185. The van der Waals surface area contributed by atoms with E-state index in [0.717, 1.165) is 0 Å². The molecule has 132 valence electrons. The maximum absolute atomic E-state index is 12.3. The zero-order valence-electron chi connectivity index (χ0n) is 14.1. The number of anilines is 3. The molecular formula is C17H19ClN4O3. The minimum atomic E-state index is -0.570. The van der Waals surface area contributed by atoms with Gasteiger partial charge in [0.15, 0.2) is 0 Å². The van der Waals surface area contributed by atoms with Crippen molar-refractivity contribution in [1.82, 2.24) is 4.98 Å². The fourth-order valence-corrected chi connectivity index (χ4v) is 2.20. The normalized spacial score (nSPS) is 11.4. The molecule has 2 amide bonds. The molecule has 0 fully saturated rings. The largest absolute Gasteiger partial charge is 0.495 e. The summed E-state index contributed by atoms with van der Waals surface area (Å²) in [5.41, 5.74) is 1.18. The molecule has 2 rings (SSSR count). The number of nitrogens with zero attached hydrogens (tertiary/aromatic N) is 1. The van der Waals surface area contributed by atoms with Gasteiger partial charge in [-0.1, -0.05) is 11.6 Å². The SMILES string of the molecule is COc1ccc(NC(C)=O)cc1N[C@H](C)C(=O)Nc1ccc(Cl)cn1. The Hall–Kier alpha value is -2.80. The van der Waals surface area contributed by atoms with E-state index in [0.29, 0.717) is 28.0 Å². The van der Waals surface area contributed by atoms with Crippen LogP contribution in [0.25, 0.3) is 0 Å². The summed E-state index contributed by atoms with van der Waals surface area (Å²) in [6, 6.07) is 7.81. The Balaban J connectivity index is 2.09. The molecular weight excluding hydrogens is 344 g/mol. The monoisotopic (exact) mass is 362 g/mol. The van der Waals surface area contributed by atoms with Crippen molar-refractivity contribution in [3.8, 4) is 5.75 Å². The Morgan fingerprint density at radius 1 is 1.20 bits per heavy atom. The number of carbonyl (C=O) groups excluding carboxylic acids is 2. The predicted molar refractivity (Wildman–Crippen MR) is 98.3 cm³/mol. The van der Waals surface area contributed by atoms with Crippen LogP contribution in [0.15, 0.2) is 36.5 Å². The van der Waals surface area contributed by atoms with Crippen LogP contribution in [-0.2, 0) is 9.59 Å². The summed E-state index contributed by atoms with van der Waals surface area (Å²) in [6.07, 6.45) is 1.45. The first-order chi connectivity index (χ1) is 11.9. The second-order valence-corrected chi connectivity index (χ2v) is 5.75. The van der Waals surface area contributed by atoms with Gasteiger partial charge in [-0.15, -0.1) is 0 Å². The lowest BCUT2D eigenvalue weighted by Gasteiger charge is -2.18. The summed E-state index contributed by atoms with van der Waals surface area (Å²) in [6.45, 7) is 3.13. The average molecular weight is 363 g/mol. The summed E-state index contributed by atoms with van der Waals surface area (Å²) < 4.78 is 5.28. The first-order valence-electron chi connectivity index (χ1n) is 7.53. The number of hydrogen-bond donors (Lipinski definition) is 3. The molecule has 0 saturated carbocycles. The first-order valence-corrected chi connectivity index (χ1v) is 7.91. The Kier molecular flexibility index (Phi) is 6.19. The molecule has 7 nitrogen and oxygen atoms in total.